The van der Waals surface area contributed by atoms with Crippen LogP contribution in [0.1, 0.15) is 5.56 Å². The fourth-order valence-electron chi connectivity index (χ4n) is 1.66. The van der Waals surface area contributed by atoms with E-state index in [1.807, 2.05) is 12.1 Å². The van der Waals surface area contributed by atoms with E-state index in [0.717, 1.165) is 24.7 Å². The van der Waals surface area contributed by atoms with E-state index in [-0.39, 0.29) is 0 Å². The number of halogens is 1. The van der Waals surface area contributed by atoms with E-state index < -0.39 is 0 Å². The Morgan fingerprint density at radius 2 is 2.31 bits per heavy atom. The first-order chi connectivity index (χ1) is 6.29. The second-order valence-corrected chi connectivity index (χ2v) is 3.74. The monoisotopic (exact) mass is 196 g/mol. The molecule has 0 bridgehead atoms. The number of nitrogens with one attached hydrogen (secondary N) is 1. The van der Waals surface area contributed by atoms with E-state index in [9.17, 15) is 0 Å². The van der Waals surface area contributed by atoms with Gasteiger partial charge in [-0.25, -0.2) is 0 Å². The Hall–Kier alpha value is -0.730. The molecule has 1 heterocycles. The van der Waals surface area contributed by atoms with Crippen molar-refractivity contribution in [3.63, 3.8) is 0 Å². The molecule has 0 unspecified atom stereocenters. The molecule has 70 valence electrons. The van der Waals surface area contributed by atoms with Gasteiger partial charge < -0.3 is 10.2 Å². The van der Waals surface area contributed by atoms with Gasteiger partial charge in [-0.05, 0) is 12.1 Å². The summed E-state index contributed by atoms with van der Waals surface area (Å²) in [4.78, 5) is 2.24. The lowest BCUT2D eigenvalue weighted by Crippen LogP contribution is -2.24. The Balaban J connectivity index is 2.47. The van der Waals surface area contributed by atoms with E-state index in [1.165, 1.54) is 11.3 Å². The van der Waals surface area contributed by atoms with Crippen LogP contribution in [0.5, 0.6) is 0 Å². The smallest absolute Gasteiger partial charge is 0.0471 e. The third-order valence-electron chi connectivity index (χ3n) is 2.43. The van der Waals surface area contributed by atoms with Gasteiger partial charge in [0.2, 0.25) is 0 Å². The summed E-state index contributed by atoms with van der Waals surface area (Å²) < 4.78 is 0. The summed E-state index contributed by atoms with van der Waals surface area (Å²) >= 11 is 6.11. The molecule has 0 radical (unpaired) electrons. The lowest BCUT2D eigenvalue weighted by Gasteiger charge is -2.18. The SMILES string of the molecule is CN1CCNCc2c(Cl)cccc21. The third kappa shape index (κ3) is 1.64. The maximum Gasteiger partial charge on any atom is 0.0471 e. The van der Waals surface area contributed by atoms with Crippen LogP contribution in [0.15, 0.2) is 18.2 Å². The van der Waals surface area contributed by atoms with Crippen LogP contribution in [0.25, 0.3) is 0 Å². The number of hydrogen-bond acceptors (Lipinski definition) is 2. The Morgan fingerprint density at radius 3 is 3.15 bits per heavy atom. The molecular formula is C10H13ClN2. The first-order valence-corrected chi connectivity index (χ1v) is 4.86. The zero-order valence-corrected chi connectivity index (χ0v) is 8.43. The number of benzene rings is 1. The summed E-state index contributed by atoms with van der Waals surface area (Å²) in [6, 6.07) is 6.07. The van der Waals surface area contributed by atoms with Gasteiger partial charge in [-0.15, -0.1) is 0 Å². The molecule has 2 rings (SSSR count). The highest BCUT2D eigenvalue weighted by Gasteiger charge is 2.13. The minimum absolute atomic E-state index is 0.860. The van der Waals surface area contributed by atoms with Gasteiger partial charge in [0.15, 0.2) is 0 Å². The molecule has 0 saturated carbocycles. The molecule has 0 aliphatic carbocycles. The van der Waals surface area contributed by atoms with E-state index in [0.29, 0.717) is 0 Å². The minimum atomic E-state index is 0.860. The van der Waals surface area contributed by atoms with Gasteiger partial charge in [0.1, 0.15) is 0 Å². The van der Waals surface area contributed by atoms with Gasteiger partial charge in [0, 0.05) is 43.0 Å². The van der Waals surface area contributed by atoms with Crippen LogP contribution in [0, 0.1) is 0 Å². The molecule has 1 aliphatic heterocycles. The highest BCUT2D eigenvalue weighted by Crippen LogP contribution is 2.27. The summed E-state index contributed by atoms with van der Waals surface area (Å²) in [6.45, 7) is 2.92. The lowest BCUT2D eigenvalue weighted by atomic mass is 10.1. The summed E-state index contributed by atoms with van der Waals surface area (Å²) in [5, 5.41) is 4.21. The fourth-order valence-corrected chi connectivity index (χ4v) is 1.90. The van der Waals surface area contributed by atoms with Gasteiger partial charge in [0.05, 0.1) is 0 Å². The van der Waals surface area contributed by atoms with Crippen molar-refractivity contribution in [3.05, 3.63) is 28.8 Å². The number of rotatable bonds is 0. The molecule has 13 heavy (non-hydrogen) atoms. The zero-order chi connectivity index (χ0) is 9.26. The molecule has 0 aromatic heterocycles. The van der Waals surface area contributed by atoms with Crippen LogP contribution in [0.2, 0.25) is 5.02 Å². The van der Waals surface area contributed by atoms with Gasteiger partial charge in [-0.1, -0.05) is 17.7 Å². The summed E-state index contributed by atoms with van der Waals surface area (Å²) in [7, 11) is 2.10. The van der Waals surface area contributed by atoms with Crippen molar-refractivity contribution < 1.29 is 0 Å². The van der Waals surface area contributed by atoms with Crippen molar-refractivity contribution in [3.8, 4) is 0 Å². The maximum absolute atomic E-state index is 6.11. The van der Waals surface area contributed by atoms with Crippen molar-refractivity contribution in [2.75, 3.05) is 25.0 Å². The fraction of sp³-hybridized carbons (Fsp3) is 0.400. The topological polar surface area (TPSA) is 15.3 Å². The molecular weight excluding hydrogens is 184 g/mol. The van der Waals surface area contributed by atoms with Crippen LogP contribution < -0.4 is 10.2 Å². The van der Waals surface area contributed by atoms with E-state index in [4.69, 9.17) is 11.6 Å². The average molecular weight is 197 g/mol. The molecule has 2 nitrogen and oxygen atoms in total. The van der Waals surface area contributed by atoms with Gasteiger partial charge in [0.25, 0.3) is 0 Å². The third-order valence-corrected chi connectivity index (χ3v) is 2.79. The number of anilines is 1. The molecule has 0 amide bonds. The highest BCUT2D eigenvalue weighted by atomic mass is 35.5. The highest BCUT2D eigenvalue weighted by molar-refractivity contribution is 6.31. The molecule has 3 heteroatoms. The second-order valence-electron chi connectivity index (χ2n) is 3.34. The lowest BCUT2D eigenvalue weighted by molar-refractivity contribution is 0.707. The number of likely N-dealkylation sites (N-methyl/N-ethyl adjacent to an activating group) is 1. The molecule has 0 spiro atoms. The first-order valence-electron chi connectivity index (χ1n) is 4.48. The van der Waals surface area contributed by atoms with Crippen LogP contribution in [-0.2, 0) is 6.54 Å². The van der Waals surface area contributed by atoms with Gasteiger partial charge >= 0.3 is 0 Å². The Labute approximate surface area is 83.5 Å². The number of fused-ring (bicyclic) bond motifs is 1. The summed E-state index contributed by atoms with van der Waals surface area (Å²) in [5.74, 6) is 0. The van der Waals surface area contributed by atoms with Crippen molar-refractivity contribution in [2.24, 2.45) is 0 Å². The van der Waals surface area contributed by atoms with E-state index in [2.05, 4.69) is 23.3 Å². The van der Waals surface area contributed by atoms with Crippen LogP contribution >= 0.6 is 11.6 Å². The quantitative estimate of drug-likeness (QED) is 0.682. The molecule has 1 N–H and O–H groups in total. The van der Waals surface area contributed by atoms with E-state index >= 15 is 0 Å². The van der Waals surface area contributed by atoms with Crippen LogP contribution in [0.3, 0.4) is 0 Å². The molecule has 1 aromatic carbocycles. The number of hydrogen-bond donors (Lipinski definition) is 1. The standard InChI is InChI=1S/C10H13ClN2/c1-13-6-5-12-7-8-9(11)3-2-4-10(8)13/h2-4,12H,5-7H2,1H3. The van der Waals surface area contributed by atoms with Crippen molar-refractivity contribution in [1.29, 1.82) is 0 Å². The van der Waals surface area contributed by atoms with Crippen LogP contribution in [0.4, 0.5) is 5.69 Å². The zero-order valence-electron chi connectivity index (χ0n) is 7.68. The van der Waals surface area contributed by atoms with Gasteiger partial charge in [-0.3, -0.25) is 0 Å². The molecule has 0 atom stereocenters. The molecule has 0 saturated heterocycles. The molecule has 1 aromatic rings. The predicted molar refractivity (Wildman–Crippen MR) is 56.4 cm³/mol. The molecule has 1 aliphatic rings. The average Bonchev–Trinajstić information content (AvgIpc) is 2.30. The van der Waals surface area contributed by atoms with Crippen LogP contribution in [-0.4, -0.2) is 20.1 Å². The largest absolute Gasteiger partial charge is 0.373 e. The van der Waals surface area contributed by atoms with Gasteiger partial charge in [-0.2, -0.15) is 0 Å². The molecule has 0 fully saturated rings. The normalized spacial score (nSPS) is 16.6. The number of nitrogens with zero attached hydrogens (tertiary/aromatic N) is 1. The summed E-state index contributed by atoms with van der Waals surface area (Å²) in [6.07, 6.45) is 0. The van der Waals surface area contributed by atoms with Crippen molar-refractivity contribution >= 4 is 17.3 Å². The van der Waals surface area contributed by atoms with Crippen molar-refractivity contribution in [2.45, 2.75) is 6.54 Å². The Morgan fingerprint density at radius 1 is 1.46 bits per heavy atom. The Kier molecular flexibility index (Phi) is 2.42. The first kappa shape index (κ1) is 8.85. The minimum Gasteiger partial charge on any atom is -0.373 e. The van der Waals surface area contributed by atoms with E-state index in [1.54, 1.807) is 0 Å². The second kappa shape index (κ2) is 3.56. The van der Waals surface area contributed by atoms with Crippen molar-refractivity contribution in [1.82, 2.24) is 5.32 Å². The summed E-state index contributed by atoms with van der Waals surface area (Å²) in [5.41, 5.74) is 2.46. The predicted octanol–water partition coefficient (Wildman–Crippen LogP) is 1.88. The maximum atomic E-state index is 6.11. The Bertz CT molecular complexity index is 312.